The molecule has 0 aliphatic heterocycles. The van der Waals surface area contributed by atoms with Crippen molar-refractivity contribution in [2.45, 2.75) is 12.5 Å². The van der Waals surface area contributed by atoms with Crippen molar-refractivity contribution in [1.82, 2.24) is 25.1 Å². The second-order valence-corrected chi connectivity index (χ2v) is 7.09. The summed E-state index contributed by atoms with van der Waals surface area (Å²) in [6.07, 6.45) is 6.09. The van der Waals surface area contributed by atoms with Crippen LogP contribution in [-0.2, 0) is 24.3 Å². The van der Waals surface area contributed by atoms with E-state index in [1.807, 2.05) is 0 Å². The van der Waals surface area contributed by atoms with Crippen LogP contribution in [0, 0.1) is 5.82 Å². The maximum atomic E-state index is 14.8. The number of halogens is 3. The summed E-state index contributed by atoms with van der Waals surface area (Å²) in [5.74, 6) is -5.73. The zero-order chi connectivity index (χ0) is 22.9. The highest BCUT2D eigenvalue weighted by Gasteiger charge is 2.41. The molecule has 4 rings (SSSR count). The van der Waals surface area contributed by atoms with Gasteiger partial charge in [-0.15, -0.1) is 0 Å². The van der Waals surface area contributed by atoms with Gasteiger partial charge in [0.2, 0.25) is 0 Å². The first-order valence-corrected chi connectivity index (χ1v) is 9.52. The molecule has 164 valence electrons. The zero-order valence-electron chi connectivity index (χ0n) is 17.1. The monoisotopic (exact) mass is 441 g/mol. The summed E-state index contributed by atoms with van der Waals surface area (Å²) in [7, 11) is 3.16. The number of fused-ring (bicyclic) bond motifs is 1. The number of carbonyl (C=O) groups excluding carboxylic acids is 1. The predicted octanol–water partition coefficient (Wildman–Crippen LogP) is 3.59. The highest BCUT2D eigenvalue weighted by Crippen LogP contribution is 2.31. The van der Waals surface area contributed by atoms with Crippen LogP contribution in [-0.4, -0.2) is 32.8 Å². The van der Waals surface area contributed by atoms with E-state index in [0.717, 1.165) is 6.07 Å². The molecule has 0 saturated heterocycles. The molecule has 0 aliphatic carbocycles. The van der Waals surface area contributed by atoms with Gasteiger partial charge in [-0.1, -0.05) is 6.07 Å². The molecule has 0 unspecified atom stereocenters. The fourth-order valence-corrected chi connectivity index (χ4v) is 3.15. The number of nitrogens with one attached hydrogen (secondary N) is 1. The summed E-state index contributed by atoms with van der Waals surface area (Å²) in [5, 5.41) is 6.46. The molecule has 3 aromatic heterocycles. The number of ether oxygens (including phenoxy) is 1. The van der Waals surface area contributed by atoms with E-state index in [1.165, 1.54) is 37.7 Å². The molecule has 10 heteroatoms. The number of rotatable bonds is 6. The van der Waals surface area contributed by atoms with Crippen LogP contribution in [0.25, 0.3) is 22.0 Å². The summed E-state index contributed by atoms with van der Waals surface area (Å²) in [6.45, 7) is -0.490. The van der Waals surface area contributed by atoms with Crippen molar-refractivity contribution in [3.63, 3.8) is 0 Å². The first kappa shape index (κ1) is 21.3. The predicted molar refractivity (Wildman–Crippen MR) is 110 cm³/mol. The van der Waals surface area contributed by atoms with E-state index >= 15 is 0 Å². The van der Waals surface area contributed by atoms with Crippen LogP contribution in [0.2, 0.25) is 0 Å². The summed E-state index contributed by atoms with van der Waals surface area (Å²) in [5.41, 5.74) is 0.942. The van der Waals surface area contributed by atoms with Crippen molar-refractivity contribution in [2.24, 2.45) is 7.05 Å². The smallest absolute Gasteiger partial charge is 0.349 e. The molecular formula is C22H18F3N5O2. The number of benzene rings is 1. The molecular weight excluding hydrogens is 423 g/mol. The number of aromatic nitrogens is 4. The summed E-state index contributed by atoms with van der Waals surface area (Å²) < 4.78 is 50.6. The van der Waals surface area contributed by atoms with Crippen LogP contribution in [0.15, 0.2) is 55.1 Å². The third kappa shape index (κ3) is 4.11. The highest BCUT2D eigenvalue weighted by atomic mass is 19.3. The van der Waals surface area contributed by atoms with E-state index in [0.29, 0.717) is 27.8 Å². The minimum absolute atomic E-state index is 0.158. The van der Waals surface area contributed by atoms with Gasteiger partial charge in [0.15, 0.2) is 0 Å². The number of alkyl halides is 2. The molecule has 3 heterocycles. The average Bonchev–Trinajstić information content (AvgIpc) is 3.23. The fourth-order valence-electron chi connectivity index (χ4n) is 3.15. The van der Waals surface area contributed by atoms with E-state index in [2.05, 4.69) is 20.4 Å². The van der Waals surface area contributed by atoms with Crippen molar-refractivity contribution in [1.29, 1.82) is 0 Å². The Bertz CT molecular complexity index is 1310. The van der Waals surface area contributed by atoms with Crippen LogP contribution in [0.4, 0.5) is 13.2 Å². The molecule has 0 aliphatic rings. The maximum Gasteiger partial charge on any atom is 0.349 e. The maximum absolute atomic E-state index is 14.8. The Morgan fingerprint density at radius 1 is 1.12 bits per heavy atom. The van der Waals surface area contributed by atoms with Crippen molar-refractivity contribution in [2.75, 3.05) is 7.11 Å². The molecule has 32 heavy (non-hydrogen) atoms. The van der Waals surface area contributed by atoms with Crippen LogP contribution >= 0.6 is 0 Å². The lowest BCUT2D eigenvalue weighted by atomic mass is 10.0. The van der Waals surface area contributed by atoms with Crippen LogP contribution in [0.5, 0.6) is 5.75 Å². The molecule has 1 N–H and O–H groups in total. The lowest BCUT2D eigenvalue weighted by Crippen LogP contribution is -2.38. The molecule has 1 amide bonds. The minimum atomic E-state index is -3.84. The molecule has 7 nitrogen and oxygen atoms in total. The molecule has 0 bridgehead atoms. The summed E-state index contributed by atoms with van der Waals surface area (Å²) >= 11 is 0. The number of methoxy groups -OCH3 is 1. The minimum Gasteiger partial charge on any atom is -0.495 e. The SMILES string of the molecule is COc1cnc2ccc(C(F)(F)C(=O)NCc3ncc(-c4cnn(C)c4)cc3F)cc2c1. The largest absolute Gasteiger partial charge is 0.495 e. The molecule has 0 fully saturated rings. The van der Waals surface area contributed by atoms with E-state index < -0.39 is 29.8 Å². The Kier molecular flexibility index (Phi) is 5.52. The fraction of sp³-hybridized carbons (Fsp3) is 0.182. The summed E-state index contributed by atoms with van der Waals surface area (Å²) in [6, 6.07) is 6.45. The van der Waals surface area contributed by atoms with Gasteiger partial charge in [0.05, 0.1) is 37.3 Å². The average molecular weight is 441 g/mol. The lowest BCUT2D eigenvalue weighted by molar-refractivity contribution is -0.147. The number of hydrogen-bond donors (Lipinski definition) is 1. The third-order valence-electron chi connectivity index (χ3n) is 4.91. The van der Waals surface area contributed by atoms with E-state index in [1.54, 1.807) is 30.2 Å². The van der Waals surface area contributed by atoms with Crippen molar-refractivity contribution >= 4 is 16.8 Å². The Hall–Kier alpha value is -3.95. The van der Waals surface area contributed by atoms with Crippen molar-refractivity contribution in [3.05, 3.63) is 72.2 Å². The number of nitrogens with zero attached hydrogens (tertiary/aromatic N) is 4. The van der Waals surface area contributed by atoms with Crippen LogP contribution < -0.4 is 10.1 Å². The van der Waals surface area contributed by atoms with E-state index in [-0.39, 0.29) is 5.69 Å². The second kappa shape index (κ2) is 8.29. The first-order chi connectivity index (χ1) is 15.3. The zero-order valence-corrected chi connectivity index (χ0v) is 17.1. The first-order valence-electron chi connectivity index (χ1n) is 9.52. The number of aryl methyl sites for hydroxylation is 1. The molecule has 0 spiro atoms. The van der Waals surface area contributed by atoms with Crippen LogP contribution in [0.1, 0.15) is 11.3 Å². The Morgan fingerprint density at radius 3 is 2.62 bits per heavy atom. The number of pyridine rings is 2. The van der Waals surface area contributed by atoms with Gasteiger partial charge < -0.3 is 10.1 Å². The standard InChI is InChI=1S/C22H18F3N5O2/c1-30-12-15(9-29-30)14-7-18(23)20(26-8-14)11-28-21(31)22(24,25)16-3-4-19-13(5-16)6-17(32-2)10-27-19/h3-10,12H,11H2,1-2H3,(H,28,31). The van der Waals surface area contributed by atoms with E-state index in [9.17, 15) is 18.0 Å². The Labute approximate surface area is 180 Å². The van der Waals surface area contributed by atoms with Gasteiger partial charge in [0, 0.05) is 41.5 Å². The van der Waals surface area contributed by atoms with Gasteiger partial charge in [-0.2, -0.15) is 13.9 Å². The van der Waals surface area contributed by atoms with Gasteiger partial charge in [0.25, 0.3) is 5.91 Å². The van der Waals surface area contributed by atoms with Gasteiger partial charge in [-0.3, -0.25) is 19.4 Å². The number of amides is 1. The third-order valence-corrected chi connectivity index (χ3v) is 4.91. The van der Waals surface area contributed by atoms with Gasteiger partial charge in [-0.25, -0.2) is 4.39 Å². The Morgan fingerprint density at radius 2 is 1.94 bits per heavy atom. The topological polar surface area (TPSA) is 81.9 Å². The normalized spacial score (nSPS) is 11.5. The number of hydrogen-bond acceptors (Lipinski definition) is 5. The second-order valence-electron chi connectivity index (χ2n) is 7.09. The molecule has 4 aromatic rings. The number of carbonyl (C=O) groups is 1. The van der Waals surface area contributed by atoms with Crippen molar-refractivity contribution in [3.8, 4) is 16.9 Å². The van der Waals surface area contributed by atoms with Gasteiger partial charge in [0.1, 0.15) is 11.6 Å². The van der Waals surface area contributed by atoms with E-state index in [4.69, 9.17) is 4.74 Å². The quantitative estimate of drug-likeness (QED) is 0.495. The molecule has 0 saturated carbocycles. The highest BCUT2D eigenvalue weighted by molar-refractivity contribution is 5.87. The van der Waals surface area contributed by atoms with Crippen molar-refractivity contribution < 1.29 is 22.7 Å². The summed E-state index contributed by atoms with van der Waals surface area (Å²) in [4.78, 5) is 20.3. The van der Waals surface area contributed by atoms with Gasteiger partial charge in [-0.05, 0) is 24.3 Å². The van der Waals surface area contributed by atoms with Crippen LogP contribution in [0.3, 0.4) is 0 Å². The Balaban J connectivity index is 1.50. The van der Waals surface area contributed by atoms with Gasteiger partial charge >= 0.3 is 5.92 Å². The molecule has 1 aromatic carbocycles. The molecule has 0 radical (unpaired) electrons. The molecule has 0 atom stereocenters. The lowest BCUT2D eigenvalue weighted by Gasteiger charge is -2.17.